The second kappa shape index (κ2) is 4.71. The second-order valence-electron chi connectivity index (χ2n) is 3.92. The number of aliphatic hydroxyl groups is 1. The minimum absolute atomic E-state index is 0.310. The van der Waals surface area contributed by atoms with E-state index < -0.39 is 24.0 Å². The fourth-order valence-electron chi connectivity index (χ4n) is 1.69. The van der Waals surface area contributed by atoms with Crippen LogP contribution >= 0.6 is 0 Å². The highest BCUT2D eigenvalue weighted by Gasteiger charge is 2.29. The molecule has 1 unspecified atom stereocenters. The molecule has 1 fully saturated rings. The molecule has 0 saturated carbocycles. The van der Waals surface area contributed by atoms with E-state index in [1.807, 2.05) is 0 Å². The van der Waals surface area contributed by atoms with Crippen molar-refractivity contribution in [2.45, 2.75) is 25.6 Å². The first-order valence-electron chi connectivity index (χ1n) is 5.38. The average molecular weight is 240 g/mol. The van der Waals surface area contributed by atoms with E-state index in [4.69, 9.17) is 9.47 Å². The third kappa shape index (κ3) is 2.55. The van der Waals surface area contributed by atoms with Crippen molar-refractivity contribution in [1.82, 2.24) is 0 Å². The fourth-order valence-corrected chi connectivity index (χ4v) is 1.69. The Bertz CT molecular complexity index is 431. The Labute approximate surface area is 98.0 Å². The van der Waals surface area contributed by atoms with E-state index in [1.54, 1.807) is 0 Å². The van der Waals surface area contributed by atoms with Gasteiger partial charge in [-0.25, -0.2) is 9.18 Å². The van der Waals surface area contributed by atoms with Crippen molar-refractivity contribution in [2.24, 2.45) is 0 Å². The van der Waals surface area contributed by atoms with Crippen molar-refractivity contribution < 1.29 is 23.8 Å². The van der Waals surface area contributed by atoms with Crippen molar-refractivity contribution in [3.05, 3.63) is 29.6 Å². The highest BCUT2D eigenvalue weighted by molar-refractivity contribution is 5.76. The first-order chi connectivity index (χ1) is 8.08. The smallest absolute Gasteiger partial charge is 0.347 e. The molecule has 1 aliphatic rings. The normalized spacial score (nSPS) is 21.1. The molecule has 1 N–H and O–H groups in total. The zero-order chi connectivity index (χ0) is 12.4. The maximum absolute atomic E-state index is 13.0. The van der Waals surface area contributed by atoms with Crippen LogP contribution < -0.4 is 4.74 Å². The fraction of sp³-hybridized carbons (Fsp3) is 0.417. The molecule has 1 heterocycles. The summed E-state index contributed by atoms with van der Waals surface area (Å²) in [7, 11) is 0. The Hall–Kier alpha value is -1.62. The molecule has 2 atom stereocenters. The zero-order valence-corrected chi connectivity index (χ0v) is 9.35. The van der Waals surface area contributed by atoms with Crippen molar-refractivity contribution >= 4 is 5.97 Å². The third-order valence-corrected chi connectivity index (χ3v) is 2.58. The highest BCUT2D eigenvalue weighted by Crippen LogP contribution is 2.28. The Kier molecular flexibility index (Phi) is 3.28. The topological polar surface area (TPSA) is 55.8 Å². The summed E-state index contributed by atoms with van der Waals surface area (Å²) in [6, 6.07) is 3.82. The summed E-state index contributed by atoms with van der Waals surface area (Å²) in [4.78, 5) is 11.2. The van der Waals surface area contributed by atoms with Crippen LogP contribution in [0.4, 0.5) is 4.39 Å². The largest absolute Gasteiger partial charge is 0.478 e. The number of esters is 1. The molecule has 0 amide bonds. The van der Waals surface area contributed by atoms with E-state index in [9.17, 15) is 14.3 Å². The Morgan fingerprint density at radius 2 is 2.35 bits per heavy atom. The van der Waals surface area contributed by atoms with Crippen LogP contribution in [0.1, 0.15) is 25.0 Å². The first kappa shape index (κ1) is 11.9. The number of rotatable bonds is 3. The molecule has 0 aliphatic carbocycles. The second-order valence-corrected chi connectivity index (χ2v) is 3.92. The molecule has 0 aromatic heterocycles. The predicted octanol–water partition coefficient (Wildman–Crippen LogP) is 1.57. The van der Waals surface area contributed by atoms with Crippen LogP contribution in [-0.2, 0) is 9.53 Å². The molecule has 4 nitrogen and oxygen atoms in total. The van der Waals surface area contributed by atoms with Crippen LogP contribution in [0.3, 0.4) is 0 Å². The SMILES string of the molecule is C[C@H](O)c1cc(F)ccc1OC1CCOC1=O. The number of benzene rings is 1. The van der Waals surface area contributed by atoms with Crippen molar-refractivity contribution in [3.8, 4) is 5.75 Å². The van der Waals surface area contributed by atoms with Gasteiger partial charge in [0, 0.05) is 12.0 Å². The number of aliphatic hydroxyl groups excluding tert-OH is 1. The Morgan fingerprint density at radius 1 is 1.59 bits per heavy atom. The van der Waals surface area contributed by atoms with Gasteiger partial charge in [0.25, 0.3) is 0 Å². The van der Waals surface area contributed by atoms with Crippen LogP contribution in [-0.4, -0.2) is 23.8 Å². The molecule has 0 bridgehead atoms. The van der Waals surface area contributed by atoms with Crippen LogP contribution in [0, 0.1) is 5.82 Å². The van der Waals surface area contributed by atoms with E-state index in [2.05, 4.69) is 0 Å². The number of carbonyl (C=O) groups is 1. The maximum Gasteiger partial charge on any atom is 0.347 e. The highest BCUT2D eigenvalue weighted by atomic mass is 19.1. The summed E-state index contributed by atoms with van der Waals surface area (Å²) in [5, 5.41) is 9.51. The van der Waals surface area contributed by atoms with E-state index in [-0.39, 0.29) is 0 Å². The monoisotopic (exact) mass is 240 g/mol. The Morgan fingerprint density at radius 3 is 2.94 bits per heavy atom. The van der Waals surface area contributed by atoms with E-state index in [0.717, 1.165) is 0 Å². The summed E-state index contributed by atoms with van der Waals surface area (Å²) in [6.45, 7) is 1.84. The van der Waals surface area contributed by atoms with Gasteiger partial charge in [-0.15, -0.1) is 0 Å². The molecule has 1 aromatic carbocycles. The lowest BCUT2D eigenvalue weighted by atomic mass is 10.1. The van der Waals surface area contributed by atoms with Gasteiger partial charge in [0.1, 0.15) is 11.6 Å². The van der Waals surface area contributed by atoms with Gasteiger partial charge in [-0.05, 0) is 25.1 Å². The van der Waals surface area contributed by atoms with E-state index in [1.165, 1.54) is 25.1 Å². The molecule has 5 heteroatoms. The first-order valence-corrected chi connectivity index (χ1v) is 5.38. The summed E-state index contributed by atoms with van der Waals surface area (Å²) < 4.78 is 23.2. The van der Waals surface area contributed by atoms with Gasteiger partial charge in [-0.1, -0.05) is 0 Å². The zero-order valence-electron chi connectivity index (χ0n) is 9.35. The number of ether oxygens (including phenoxy) is 2. The molecule has 92 valence electrons. The predicted molar refractivity (Wildman–Crippen MR) is 57.0 cm³/mol. The van der Waals surface area contributed by atoms with Crippen LogP contribution in [0.5, 0.6) is 5.75 Å². The molecular formula is C12H13FO4. The molecule has 17 heavy (non-hydrogen) atoms. The minimum atomic E-state index is -0.863. The van der Waals surface area contributed by atoms with E-state index >= 15 is 0 Å². The molecule has 0 radical (unpaired) electrons. The average Bonchev–Trinajstić information content (AvgIpc) is 2.67. The molecule has 1 saturated heterocycles. The molecule has 1 aromatic rings. The van der Waals surface area contributed by atoms with Gasteiger partial charge in [0.15, 0.2) is 6.10 Å². The minimum Gasteiger partial charge on any atom is -0.478 e. The summed E-state index contributed by atoms with van der Waals surface area (Å²) in [5.41, 5.74) is 0.324. The quantitative estimate of drug-likeness (QED) is 0.815. The molecule has 1 aliphatic heterocycles. The number of hydrogen-bond acceptors (Lipinski definition) is 4. The van der Waals surface area contributed by atoms with Crippen LogP contribution in [0.15, 0.2) is 18.2 Å². The lowest BCUT2D eigenvalue weighted by Gasteiger charge is -2.15. The summed E-state index contributed by atoms with van der Waals surface area (Å²) >= 11 is 0. The number of carbonyl (C=O) groups excluding carboxylic acids is 1. The van der Waals surface area contributed by atoms with Gasteiger partial charge < -0.3 is 14.6 Å². The van der Waals surface area contributed by atoms with Gasteiger partial charge >= 0.3 is 5.97 Å². The lowest BCUT2D eigenvalue weighted by Crippen LogP contribution is -2.22. The van der Waals surface area contributed by atoms with Crippen molar-refractivity contribution in [3.63, 3.8) is 0 Å². The number of cyclic esters (lactones) is 1. The van der Waals surface area contributed by atoms with Crippen LogP contribution in [0.25, 0.3) is 0 Å². The number of hydrogen-bond donors (Lipinski definition) is 1. The van der Waals surface area contributed by atoms with E-state index in [0.29, 0.717) is 24.3 Å². The van der Waals surface area contributed by atoms with Gasteiger partial charge in [0.2, 0.25) is 0 Å². The lowest BCUT2D eigenvalue weighted by molar-refractivity contribution is -0.143. The van der Waals surface area contributed by atoms with Gasteiger partial charge in [-0.2, -0.15) is 0 Å². The maximum atomic E-state index is 13.0. The number of halogens is 1. The standard InChI is InChI=1S/C12H13FO4/c1-7(14)9-6-8(13)2-3-10(9)17-11-4-5-16-12(11)15/h2-3,6-7,11,14H,4-5H2,1H3/t7-,11?/m0/s1. The third-order valence-electron chi connectivity index (χ3n) is 2.58. The Balaban J connectivity index is 2.22. The molecular weight excluding hydrogens is 227 g/mol. The van der Waals surface area contributed by atoms with Gasteiger partial charge in [-0.3, -0.25) is 0 Å². The van der Waals surface area contributed by atoms with Crippen molar-refractivity contribution in [1.29, 1.82) is 0 Å². The summed E-state index contributed by atoms with van der Waals surface area (Å²) in [5.74, 6) is -0.571. The van der Waals surface area contributed by atoms with Crippen LogP contribution in [0.2, 0.25) is 0 Å². The van der Waals surface area contributed by atoms with Crippen molar-refractivity contribution in [2.75, 3.05) is 6.61 Å². The molecule has 0 spiro atoms. The summed E-state index contributed by atoms with van der Waals surface area (Å²) in [6.07, 6.45) is -1.06. The molecule has 2 rings (SSSR count). The van der Waals surface area contributed by atoms with Gasteiger partial charge in [0.05, 0.1) is 12.7 Å².